The molecule has 0 atom stereocenters. The van der Waals surface area contributed by atoms with Gasteiger partial charge in [0.1, 0.15) is 11.5 Å². The SMILES string of the molecule is CN(CCc1ccccn1)c1cc(-c2cccnc2)nc(-c2ccccn2)n1. The monoisotopic (exact) mass is 368 g/mol. The molecule has 6 nitrogen and oxygen atoms in total. The third-order valence-electron chi connectivity index (χ3n) is 4.38. The van der Waals surface area contributed by atoms with Gasteiger partial charge < -0.3 is 4.90 Å². The number of rotatable bonds is 6. The average Bonchev–Trinajstić information content (AvgIpc) is 2.79. The fourth-order valence-corrected chi connectivity index (χ4v) is 2.84. The van der Waals surface area contributed by atoms with Crippen LogP contribution in [0.25, 0.3) is 22.8 Å². The van der Waals surface area contributed by atoms with E-state index in [1.165, 1.54) is 0 Å². The van der Waals surface area contributed by atoms with E-state index >= 15 is 0 Å². The van der Waals surface area contributed by atoms with Crippen molar-refractivity contribution in [3.05, 3.63) is 85.1 Å². The summed E-state index contributed by atoms with van der Waals surface area (Å²) in [5, 5.41) is 0. The Bertz CT molecular complexity index is 965. The first-order valence-corrected chi connectivity index (χ1v) is 9.11. The molecule has 0 fully saturated rings. The Kier molecular flexibility index (Phi) is 5.29. The highest BCUT2D eigenvalue weighted by Gasteiger charge is 2.12. The smallest absolute Gasteiger partial charge is 0.180 e. The highest BCUT2D eigenvalue weighted by atomic mass is 15.2. The van der Waals surface area contributed by atoms with Crippen LogP contribution in [0.15, 0.2) is 79.4 Å². The molecule has 0 saturated carbocycles. The summed E-state index contributed by atoms with van der Waals surface area (Å²) in [5.74, 6) is 1.44. The Morgan fingerprint density at radius 1 is 0.821 bits per heavy atom. The molecule has 0 saturated heterocycles. The lowest BCUT2D eigenvalue weighted by Crippen LogP contribution is -2.22. The fourth-order valence-electron chi connectivity index (χ4n) is 2.84. The highest BCUT2D eigenvalue weighted by molar-refractivity contribution is 5.66. The number of likely N-dealkylation sites (N-methyl/N-ethyl adjacent to an activating group) is 1. The largest absolute Gasteiger partial charge is 0.359 e. The first kappa shape index (κ1) is 17.7. The van der Waals surface area contributed by atoms with Crippen molar-refractivity contribution in [3.63, 3.8) is 0 Å². The Hall–Kier alpha value is -3.67. The van der Waals surface area contributed by atoms with Crippen LogP contribution in [0.5, 0.6) is 0 Å². The van der Waals surface area contributed by atoms with Gasteiger partial charge in [0.05, 0.1) is 5.69 Å². The van der Waals surface area contributed by atoms with E-state index in [1.54, 1.807) is 12.4 Å². The van der Waals surface area contributed by atoms with Crippen molar-refractivity contribution in [2.45, 2.75) is 6.42 Å². The molecular weight excluding hydrogens is 348 g/mol. The molecule has 28 heavy (non-hydrogen) atoms. The van der Waals surface area contributed by atoms with Crippen LogP contribution in [-0.4, -0.2) is 38.5 Å². The van der Waals surface area contributed by atoms with Crippen LogP contribution in [-0.2, 0) is 6.42 Å². The van der Waals surface area contributed by atoms with Gasteiger partial charge in [0, 0.05) is 62.1 Å². The van der Waals surface area contributed by atoms with Gasteiger partial charge in [-0.3, -0.25) is 15.0 Å². The van der Waals surface area contributed by atoms with Crippen LogP contribution in [0.1, 0.15) is 5.69 Å². The number of nitrogens with zero attached hydrogens (tertiary/aromatic N) is 6. The molecule has 4 rings (SSSR count). The molecule has 0 aliphatic heterocycles. The molecule has 0 spiro atoms. The van der Waals surface area contributed by atoms with Crippen LogP contribution in [0.3, 0.4) is 0 Å². The van der Waals surface area contributed by atoms with Crippen LogP contribution < -0.4 is 4.90 Å². The lowest BCUT2D eigenvalue weighted by atomic mass is 10.2. The number of hydrogen-bond donors (Lipinski definition) is 0. The summed E-state index contributed by atoms with van der Waals surface area (Å²) in [4.78, 5) is 24.6. The van der Waals surface area contributed by atoms with E-state index < -0.39 is 0 Å². The lowest BCUT2D eigenvalue weighted by molar-refractivity contribution is 0.837. The van der Waals surface area contributed by atoms with Crippen molar-refractivity contribution in [2.75, 3.05) is 18.5 Å². The summed E-state index contributed by atoms with van der Waals surface area (Å²) in [7, 11) is 2.03. The molecule has 138 valence electrons. The van der Waals surface area contributed by atoms with Crippen molar-refractivity contribution < 1.29 is 0 Å². The molecule has 6 heteroatoms. The number of anilines is 1. The van der Waals surface area contributed by atoms with Gasteiger partial charge in [-0.05, 0) is 36.4 Å². The van der Waals surface area contributed by atoms with Crippen LogP contribution in [0.4, 0.5) is 5.82 Å². The molecule has 0 amide bonds. The third kappa shape index (κ3) is 4.17. The molecule has 0 aliphatic rings. The maximum Gasteiger partial charge on any atom is 0.180 e. The molecule has 0 aliphatic carbocycles. The fraction of sp³-hybridized carbons (Fsp3) is 0.136. The Morgan fingerprint density at radius 3 is 2.39 bits per heavy atom. The van der Waals surface area contributed by atoms with Crippen LogP contribution in [0.2, 0.25) is 0 Å². The van der Waals surface area contributed by atoms with E-state index in [1.807, 2.05) is 74.0 Å². The molecule has 0 bridgehead atoms. The van der Waals surface area contributed by atoms with Crippen molar-refractivity contribution >= 4 is 5.82 Å². The summed E-state index contributed by atoms with van der Waals surface area (Å²) in [6, 6.07) is 17.6. The average molecular weight is 368 g/mol. The van der Waals surface area contributed by atoms with Crippen molar-refractivity contribution in [1.29, 1.82) is 0 Å². The normalized spacial score (nSPS) is 10.6. The van der Waals surface area contributed by atoms with Gasteiger partial charge in [0.15, 0.2) is 5.82 Å². The number of hydrogen-bond acceptors (Lipinski definition) is 6. The molecule has 4 heterocycles. The van der Waals surface area contributed by atoms with E-state index in [0.29, 0.717) is 5.82 Å². The van der Waals surface area contributed by atoms with Gasteiger partial charge in [0.2, 0.25) is 0 Å². The predicted octanol–water partition coefficient (Wildman–Crippen LogP) is 3.67. The maximum atomic E-state index is 4.75. The van der Waals surface area contributed by atoms with E-state index in [-0.39, 0.29) is 0 Å². The first-order valence-electron chi connectivity index (χ1n) is 9.11. The number of pyridine rings is 3. The standard InChI is InChI=1S/C22H20N6/c1-28(14-10-18-8-2-4-12-24-18)21-15-20(17-7-6-11-23-16-17)26-22(27-21)19-9-3-5-13-25-19/h2-9,11-13,15-16H,10,14H2,1H3. The van der Waals surface area contributed by atoms with E-state index in [2.05, 4.69) is 19.9 Å². The van der Waals surface area contributed by atoms with Gasteiger partial charge in [-0.25, -0.2) is 9.97 Å². The Morgan fingerprint density at radius 2 is 1.68 bits per heavy atom. The Balaban J connectivity index is 1.67. The second-order valence-electron chi connectivity index (χ2n) is 6.38. The molecule has 0 N–H and O–H groups in total. The second kappa shape index (κ2) is 8.35. The molecule has 0 unspecified atom stereocenters. The molecule has 4 aromatic heterocycles. The van der Waals surface area contributed by atoms with E-state index in [0.717, 1.165) is 41.4 Å². The maximum absolute atomic E-state index is 4.75. The lowest BCUT2D eigenvalue weighted by Gasteiger charge is -2.19. The molecule has 4 aromatic rings. The van der Waals surface area contributed by atoms with E-state index in [9.17, 15) is 0 Å². The van der Waals surface area contributed by atoms with Gasteiger partial charge in [-0.2, -0.15) is 0 Å². The second-order valence-corrected chi connectivity index (χ2v) is 6.38. The van der Waals surface area contributed by atoms with Gasteiger partial charge in [0.25, 0.3) is 0 Å². The zero-order valence-electron chi connectivity index (χ0n) is 15.6. The zero-order valence-corrected chi connectivity index (χ0v) is 15.6. The summed E-state index contributed by atoms with van der Waals surface area (Å²) >= 11 is 0. The first-order chi connectivity index (χ1) is 13.8. The van der Waals surface area contributed by atoms with Gasteiger partial charge in [-0.15, -0.1) is 0 Å². The zero-order chi connectivity index (χ0) is 19.2. The minimum Gasteiger partial charge on any atom is -0.359 e. The molecule has 0 radical (unpaired) electrons. The highest BCUT2D eigenvalue weighted by Crippen LogP contribution is 2.24. The number of aromatic nitrogens is 5. The van der Waals surface area contributed by atoms with Crippen LogP contribution >= 0.6 is 0 Å². The predicted molar refractivity (Wildman–Crippen MR) is 110 cm³/mol. The van der Waals surface area contributed by atoms with Gasteiger partial charge >= 0.3 is 0 Å². The summed E-state index contributed by atoms with van der Waals surface area (Å²) < 4.78 is 0. The third-order valence-corrected chi connectivity index (χ3v) is 4.38. The quantitative estimate of drug-likeness (QED) is 0.517. The minimum absolute atomic E-state index is 0.599. The van der Waals surface area contributed by atoms with Crippen LogP contribution in [0, 0.1) is 0 Å². The van der Waals surface area contributed by atoms with Crippen molar-refractivity contribution in [2.24, 2.45) is 0 Å². The minimum atomic E-state index is 0.599. The summed E-state index contributed by atoms with van der Waals surface area (Å²) in [6.45, 7) is 0.794. The summed E-state index contributed by atoms with van der Waals surface area (Å²) in [6.07, 6.45) is 7.97. The summed E-state index contributed by atoms with van der Waals surface area (Å²) in [5.41, 5.74) is 3.57. The topological polar surface area (TPSA) is 67.7 Å². The van der Waals surface area contributed by atoms with Crippen molar-refractivity contribution in [1.82, 2.24) is 24.9 Å². The van der Waals surface area contributed by atoms with E-state index in [4.69, 9.17) is 9.97 Å². The molecular formula is C22H20N6. The van der Waals surface area contributed by atoms with Gasteiger partial charge in [-0.1, -0.05) is 12.1 Å². The van der Waals surface area contributed by atoms with Crippen molar-refractivity contribution in [3.8, 4) is 22.8 Å². The Labute approximate surface area is 164 Å². The molecule has 0 aromatic carbocycles.